The van der Waals surface area contributed by atoms with Crippen molar-refractivity contribution in [2.24, 2.45) is 0 Å². The van der Waals surface area contributed by atoms with Crippen molar-refractivity contribution in [2.75, 3.05) is 31.3 Å². The first-order chi connectivity index (χ1) is 20.1. The quantitative estimate of drug-likeness (QED) is 0.0985. The Morgan fingerprint density at radius 2 is 1.44 bits per heavy atom. The topological polar surface area (TPSA) is 60.0 Å². The maximum Gasteiger partial charge on any atom is 0.329 e. The fourth-order valence-corrected chi connectivity index (χ4v) is 4.60. The summed E-state index contributed by atoms with van der Waals surface area (Å²) in [6.07, 6.45) is 0.531. The zero-order chi connectivity index (χ0) is 28.9. The molecule has 1 atom stereocenters. The van der Waals surface area contributed by atoms with Gasteiger partial charge in [-0.25, -0.2) is 4.79 Å². The number of ether oxygens (including phenoxy) is 2. The van der Waals surface area contributed by atoms with Gasteiger partial charge in [-0.3, -0.25) is 10.3 Å². The van der Waals surface area contributed by atoms with Crippen molar-refractivity contribution in [3.63, 3.8) is 0 Å². The van der Waals surface area contributed by atoms with Gasteiger partial charge in [0.1, 0.15) is 25.0 Å². The van der Waals surface area contributed by atoms with E-state index < -0.39 is 6.04 Å². The number of likely N-dealkylation sites (N-methyl/N-ethyl adjacent to an activating group) is 1. The Kier molecular flexibility index (Phi) is 11.0. The molecule has 6 heteroatoms. The van der Waals surface area contributed by atoms with Gasteiger partial charge in [-0.1, -0.05) is 91.5 Å². The lowest BCUT2D eigenvalue weighted by Gasteiger charge is -2.31. The van der Waals surface area contributed by atoms with Crippen LogP contribution in [0.1, 0.15) is 25.0 Å². The summed E-state index contributed by atoms with van der Waals surface area (Å²) in [6.45, 7) is 9.69. The highest BCUT2D eigenvalue weighted by atomic mass is 16.7. The van der Waals surface area contributed by atoms with Crippen LogP contribution in [0.4, 0.5) is 5.69 Å². The Morgan fingerprint density at radius 3 is 2.07 bits per heavy atom. The molecule has 0 aliphatic carbocycles. The molecule has 6 nitrogen and oxygen atoms in total. The normalized spacial score (nSPS) is 11.4. The third-order valence-corrected chi connectivity index (χ3v) is 6.71. The molecule has 0 amide bonds. The van der Waals surface area contributed by atoms with E-state index in [9.17, 15) is 4.79 Å². The lowest BCUT2D eigenvalue weighted by Crippen LogP contribution is -2.44. The largest absolute Gasteiger partial charge is 0.491 e. The van der Waals surface area contributed by atoms with Crippen LogP contribution in [0.5, 0.6) is 5.75 Å². The highest BCUT2D eigenvalue weighted by molar-refractivity contribution is 5.80. The number of anilines is 1. The van der Waals surface area contributed by atoms with Crippen LogP contribution < -0.4 is 15.1 Å². The van der Waals surface area contributed by atoms with Crippen LogP contribution >= 0.6 is 0 Å². The molecule has 0 bridgehead atoms. The molecule has 0 fully saturated rings. The van der Waals surface area contributed by atoms with E-state index in [1.165, 1.54) is 5.56 Å². The highest BCUT2D eigenvalue weighted by Crippen LogP contribution is 2.23. The van der Waals surface area contributed by atoms with Gasteiger partial charge in [0.2, 0.25) is 0 Å². The molecule has 0 aliphatic heterocycles. The minimum absolute atomic E-state index is 0.225. The number of hydrogen-bond acceptors (Lipinski definition) is 6. The minimum Gasteiger partial charge on any atom is -0.491 e. The summed E-state index contributed by atoms with van der Waals surface area (Å²) in [7, 11) is 0. The van der Waals surface area contributed by atoms with E-state index in [1.54, 1.807) is 0 Å². The summed E-state index contributed by atoms with van der Waals surface area (Å²) in [5, 5.41) is 0. The number of carbonyl (C=O) groups is 1. The van der Waals surface area contributed by atoms with Crippen molar-refractivity contribution in [1.82, 2.24) is 5.48 Å². The Labute approximate surface area is 243 Å². The number of rotatable bonds is 15. The van der Waals surface area contributed by atoms with Gasteiger partial charge in [0.15, 0.2) is 0 Å². The third kappa shape index (κ3) is 8.47. The summed E-state index contributed by atoms with van der Waals surface area (Å²) in [4.78, 5) is 20.5. The van der Waals surface area contributed by atoms with Gasteiger partial charge in [-0.15, -0.1) is 0 Å². The van der Waals surface area contributed by atoms with Crippen molar-refractivity contribution in [2.45, 2.75) is 26.3 Å². The molecular weight excluding hydrogens is 512 g/mol. The number of benzene rings is 4. The molecule has 1 unspecified atom stereocenters. The van der Waals surface area contributed by atoms with Crippen LogP contribution in [0, 0.1) is 0 Å². The van der Waals surface area contributed by atoms with E-state index in [-0.39, 0.29) is 5.97 Å². The average Bonchev–Trinajstić information content (AvgIpc) is 3.02. The van der Waals surface area contributed by atoms with Gasteiger partial charge in [0.25, 0.3) is 0 Å². The van der Waals surface area contributed by atoms with Gasteiger partial charge >= 0.3 is 5.97 Å². The number of hydrogen-bond donors (Lipinski definition) is 1. The SMILES string of the molecule is C=C(NOCCOc1ccc(CC(C(=O)OCC)N(CC)c2ccccc2)cc1)c1ccc(-c2ccccc2)cc1. The minimum atomic E-state index is -0.420. The number of hydroxylamine groups is 1. The second kappa shape index (κ2) is 15.3. The summed E-state index contributed by atoms with van der Waals surface area (Å²) < 4.78 is 11.3. The predicted octanol–water partition coefficient (Wildman–Crippen LogP) is 6.93. The lowest BCUT2D eigenvalue weighted by atomic mass is 10.0. The summed E-state index contributed by atoms with van der Waals surface area (Å²) in [5.41, 5.74) is 8.88. The van der Waals surface area contributed by atoms with Crippen LogP contribution in [-0.2, 0) is 20.8 Å². The first-order valence-corrected chi connectivity index (χ1v) is 14.0. The van der Waals surface area contributed by atoms with Crippen molar-refractivity contribution >= 4 is 17.4 Å². The Hall–Kier alpha value is -4.55. The van der Waals surface area contributed by atoms with Crippen LogP contribution in [0.15, 0.2) is 116 Å². The molecule has 0 radical (unpaired) electrons. The van der Waals surface area contributed by atoms with E-state index >= 15 is 0 Å². The molecule has 41 heavy (non-hydrogen) atoms. The maximum atomic E-state index is 12.9. The lowest BCUT2D eigenvalue weighted by molar-refractivity contribution is -0.144. The van der Waals surface area contributed by atoms with Crippen molar-refractivity contribution in [3.05, 3.63) is 127 Å². The molecule has 0 saturated heterocycles. The van der Waals surface area contributed by atoms with E-state index in [0.29, 0.717) is 38.5 Å². The molecule has 0 aromatic heterocycles. The number of esters is 1. The van der Waals surface area contributed by atoms with Crippen molar-refractivity contribution < 1.29 is 19.1 Å². The highest BCUT2D eigenvalue weighted by Gasteiger charge is 2.27. The monoisotopic (exact) mass is 550 g/mol. The first kappa shape index (κ1) is 29.4. The van der Waals surface area contributed by atoms with Crippen molar-refractivity contribution in [1.29, 1.82) is 0 Å². The molecule has 0 aliphatic rings. The van der Waals surface area contributed by atoms with Gasteiger partial charge < -0.3 is 14.4 Å². The van der Waals surface area contributed by atoms with E-state index in [0.717, 1.165) is 28.1 Å². The van der Waals surface area contributed by atoms with Crippen LogP contribution in [0.3, 0.4) is 0 Å². The fraction of sp³-hybridized carbons (Fsp3) is 0.229. The molecule has 0 saturated carbocycles. The Bertz CT molecular complexity index is 1360. The molecule has 0 spiro atoms. The number of nitrogens with zero attached hydrogens (tertiary/aromatic N) is 1. The number of para-hydroxylation sites is 1. The van der Waals surface area contributed by atoms with Gasteiger partial charge in [-0.05, 0) is 60.4 Å². The molecule has 1 N–H and O–H groups in total. The first-order valence-electron chi connectivity index (χ1n) is 14.0. The van der Waals surface area contributed by atoms with Gasteiger partial charge in [0.05, 0.1) is 12.3 Å². The maximum absolute atomic E-state index is 12.9. The van der Waals surface area contributed by atoms with Crippen molar-refractivity contribution in [3.8, 4) is 16.9 Å². The molecule has 4 aromatic carbocycles. The van der Waals surface area contributed by atoms with Crippen LogP contribution in [-0.4, -0.2) is 38.4 Å². The predicted molar refractivity (Wildman–Crippen MR) is 166 cm³/mol. The van der Waals surface area contributed by atoms with Crippen LogP contribution in [0.2, 0.25) is 0 Å². The smallest absolute Gasteiger partial charge is 0.329 e. The zero-order valence-electron chi connectivity index (χ0n) is 23.8. The second-order valence-electron chi connectivity index (χ2n) is 9.46. The zero-order valence-corrected chi connectivity index (χ0v) is 23.8. The van der Waals surface area contributed by atoms with E-state index in [1.807, 2.05) is 98.8 Å². The average molecular weight is 551 g/mol. The molecular formula is C35H38N2O4. The van der Waals surface area contributed by atoms with E-state index in [4.69, 9.17) is 14.3 Å². The molecule has 4 aromatic rings. The summed E-state index contributed by atoms with van der Waals surface area (Å²) in [5.74, 6) is 0.507. The Morgan fingerprint density at radius 1 is 0.805 bits per heavy atom. The number of carbonyl (C=O) groups excluding carboxylic acids is 1. The fourth-order valence-electron chi connectivity index (χ4n) is 4.60. The third-order valence-electron chi connectivity index (χ3n) is 6.71. The van der Waals surface area contributed by atoms with E-state index in [2.05, 4.69) is 41.2 Å². The molecule has 0 heterocycles. The summed E-state index contributed by atoms with van der Waals surface area (Å²) in [6, 6.07) is 35.8. The summed E-state index contributed by atoms with van der Waals surface area (Å²) >= 11 is 0. The number of nitrogens with one attached hydrogen (secondary N) is 1. The second-order valence-corrected chi connectivity index (χ2v) is 9.46. The Balaban J connectivity index is 1.24. The standard InChI is InChI=1S/C35H38N2O4/c1-4-37(32-14-10-7-11-15-32)34(35(38)39-5-2)26-28-16-22-33(23-17-28)40-24-25-41-36-27(3)29-18-20-31(21-19-29)30-12-8-6-9-13-30/h6-23,34,36H,3-5,24-26H2,1-2H3. The van der Waals surface area contributed by atoms with Gasteiger partial charge in [-0.2, -0.15) is 0 Å². The molecule has 212 valence electrons. The van der Waals surface area contributed by atoms with Gasteiger partial charge in [0, 0.05) is 18.7 Å². The molecule has 4 rings (SSSR count). The van der Waals surface area contributed by atoms with Crippen LogP contribution in [0.25, 0.3) is 16.8 Å².